The molecule has 3 aromatic rings. The molecule has 22 heavy (non-hydrogen) atoms. The molecule has 4 heteroatoms. The molecule has 1 aromatic heterocycles. The molecule has 0 aliphatic rings. The van der Waals surface area contributed by atoms with Crippen molar-refractivity contribution in [2.45, 2.75) is 19.8 Å². The van der Waals surface area contributed by atoms with Gasteiger partial charge in [-0.3, -0.25) is 4.79 Å². The largest absolute Gasteiger partial charge is 0.493 e. The van der Waals surface area contributed by atoms with E-state index in [0.29, 0.717) is 6.61 Å². The highest BCUT2D eigenvalue weighted by molar-refractivity contribution is 7.24. The number of aliphatic hydroxyl groups is 1. The lowest BCUT2D eigenvalue weighted by Gasteiger charge is -2.11. The van der Waals surface area contributed by atoms with Gasteiger partial charge in [-0.1, -0.05) is 12.1 Å². The molecule has 1 N–H and O–H groups in total. The maximum atomic E-state index is 12.8. The summed E-state index contributed by atoms with van der Waals surface area (Å²) in [7, 11) is 0. The van der Waals surface area contributed by atoms with Gasteiger partial charge in [0, 0.05) is 32.3 Å². The monoisotopic (exact) mass is 314 g/mol. The summed E-state index contributed by atoms with van der Waals surface area (Å²) in [5.41, 5.74) is 0.969. The molecular formula is C18H18O3S. The average molecular weight is 314 g/mol. The summed E-state index contributed by atoms with van der Waals surface area (Å²) >= 11 is 1.63. The van der Waals surface area contributed by atoms with Gasteiger partial charge in [-0.2, -0.15) is 0 Å². The van der Waals surface area contributed by atoms with Crippen LogP contribution < -0.4 is 10.2 Å². The van der Waals surface area contributed by atoms with E-state index in [1.165, 1.54) is 0 Å². The SMILES string of the molecule is Cc1c(OCCCCO)ccc2sc3ccccc3c(=O)c12. The molecule has 0 amide bonds. The van der Waals surface area contributed by atoms with Crippen molar-refractivity contribution in [3.8, 4) is 5.75 Å². The predicted octanol–water partition coefficient (Wildman–Crippen LogP) is 3.87. The minimum atomic E-state index is 0.0719. The number of aryl methyl sites for hydroxylation is 1. The van der Waals surface area contributed by atoms with Gasteiger partial charge in [0.05, 0.1) is 6.61 Å². The zero-order chi connectivity index (χ0) is 15.5. The summed E-state index contributed by atoms with van der Waals surface area (Å²) in [5, 5.41) is 10.3. The second kappa shape index (κ2) is 6.46. The molecule has 0 atom stereocenters. The molecule has 0 saturated carbocycles. The molecule has 3 nitrogen and oxygen atoms in total. The van der Waals surface area contributed by atoms with Crippen molar-refractivity contribution in [1.82, 2.24) is 0 Å². The predicted molar refractivity (Wildman–Crippen MR) is 92.2 cm³/mol. The Hall–Kier alpha value is -1.91. The minimum absolute atomic E-state index is 0.0719. The lowest BCUT2D eigenvalue weighted by atomic mass is 10.1. The van der Waals surface area contributed by atoms with Crippen LogP contribution >= 0.6 is 11.3 Å². The van der Waals surface area contributed by atoms with E-state index in [0.717, 1.165) is 44.3 Å². The van der Waals surface area contributed by atoms with E-state index in [-0.39, 0.29) is 12.0 Å². The molecule has 0 unspecified atom stereocenters. The summed E-state index contributed by atoms with van der Waals surface area (Å²) in [4.78, 5) is 12.8. The number of ether oxygens (including phenoxy) is 1. The topological polar surface area (TPSA) is 46.5 Å². The highest BCUT2D eigenvalue weighted by Crippen LogP contribution is 2.31. The van der Waals surface area contributed by atoms with Crippen molar-refractivity contribution in [2.24, 2.45) is 0 Å². The number of hydrogen-bond acceptors (Lipinski definition) is 4. The highest BCUT2D eigenvalue weighted by Gasteiger charge is 2.11. The number of hydrogen-bond donors (Lipinski definition) is 1. The number of rotatable bonds is 5. The first-order valence-electron chi connectivity index (χ1n) is 7.41. The van der Waals surface area contributed by atoms with Crippen LogP contribution in [0.1, 0.15) is 18.4 Å². The van der Waals surface area contributed by atoms with Crippen molar-refractivity contribution < 1.29 is 9.84 Å². The van der Waals surface area contributed by atoms with Crippen LogP contribution in [-0.2, 0) is 0 Å². The Morgan fingerprint density at radius 3 is 2.73 bits per heavy atom. The maximum absolute atomic E-state index is 12.8. The molecule has 114 valence electrons. The van der Waals surface area contributed by atoms with Gasteiger partial charge in [0.25, 0.3) is 0 Å². The van der Waals surface area contributed by atoms with Gasteiger partial charge in [0.2, 0.25) is 0 Å². The molecule has 0 bridgehead atoms. The summed E-state index contributed by atoms with van der Waals surface area (Å²) in [6.07, 6.45) is 1.53. The van der Waals surface area contributed by atoms with Gasteiger partial charge in [0.15, 0.2) is 5.43 Å². The fourth-order valence-corrected chi connectivity index (χ4v) is 3.72. The first-order chi connectivity index (χ1) is 10.7. The van der Waals surface area contributed by atoms with E-state index in [2.05, 4.69) is 0 Å². The molecule has 0 aliphatic heterocycles. The third-order valence-electron chi connectivity index (χ3n) is 3.77. The Morgan fingerprint density at radius 2 is 1.91 bits per heavy atom. The van der Waals surface area contributed by atoms with Gasteiger partial charge in [-0.05, 0) is 44.0 Å². The van der Waals surface area contributed by atoms with Gasteiger partial charge >= 0.3 is 0 Å². The highest BCUT2D eigenvalue weighted by atomic mass is 32.1. The van der Waals surface area contributed by atoms with Crippen LogP contribution in [0.2, 0.25) is 0 Å². The molecule has 1 heterocycles. The normalized spacial score (nSPS) is 11.2. The van der Waals surface area contributed by atoms with E-state index >= 15 is 0 Å². The van der Waals surface area contributed by atoms with Crippen LogP contribution in [0, 0.1) is 6.92 Å². The summed E-state index contributed by atoms with van der Waals surface area (Å²) in [5.74, 6) is 0.755. The second-order valence-electron chi connectivity index (χ2n) is 5.27. The third kappa shape index (κ3) is 2.72. The standard InChI is InChI=1S/C18H18O3S/c1-12-14(21-11-5-4-10-19)8-9-16-17(12)18(20)13-6-2-3-7-15(13)22-16/h2-3,6-9,19H,4-5,10-11H2,1H3. The Morgan fingerprint density at radius 1 is 1.09 bits per heavy atom. The molecule has 0 spiro atoms. The van der Waals surface area contributed by atoms with Crippen LogP contribution in [0.4, 0.5) is 0 Å². The minimum Gasteiger partial charge on any atom is -0.493 e. The fraction of sp³-hybridized carbons (Fsp3) is 0.278. The van der Waals surface area contributed by atoms with E-state index in [1.54, 1.807) is 11.3 Å². The number of benzene rings is 2. The quantitative estimate of drug-likeness (QED) is 0.574. The second-order valence-corrected chi connectivity index (χ2v) is 6.35. The van der Waals surface area contributed by atoms with Crippen LogP contribution in [0.25, 0.3) is 20.2 Å². The Kier molecular flexibility index (Phi) is 4.41. The van der Waals surface area contributed by atoms with Crippen molar-refractivity contribution in [3.05, 3.63) is 52.2 Å². The Bertz CT molecular complexity index is 867. The average Bonchev–Trinajstić information content (AvgIpc) is 2.53. The van der Waals surface area contributed by atoms with Crippen LogP contribution in [0.3, 0.4) is 0 Å². The van der Waals surface area contributed by atoms with Crippen molar-refractivity contribution in [2.75, 3.05) is 13.2 Å². The third-order valence-corrected chi connectivity index (χ3v) is 4.90. The van der Waals surface area contributed by atoms with E-state index < -0.39 is 0 Å². The first-order valence-corrected chi connectivity index (χ1v) is 8.23. The zero-order valence-corrected chi connectivity index (χ0v) is 13.3. The number of unbranched alkanes of at least 4 members (excludes halogenated alkanes) is 1. The van der Waals surface area contributed by atoms with Crippen molar-refractivity contribution in [3.63, 3.8) is 0 Å². The zero-order valence-electron chi connectivity index (χ0n) is 12.5. The van der Waals surface area contributed by atoms with Gasteiger partial charge < -0.3 is 9.84 Å². The van der Waals surface area contributed by atoms with E-state index in [1.807, 2.05) is 43.3 Å². The molecule has 3 rings (SSSR count). The molecule has 0 fully saturated rings. The Balaban J connectivity index is 2.08. The molecule has 2 aromatic carbocycles. The number of fused-ring (bicyclic) bond motifs is 2. The maximum Gasteiger partial charge on any atom is 0.196 e. The van der Waals surface area contributed by atoms with E-state index in [9.17, 15) is 4.79 Å². The Labute approximate surface area is 132 Å². The first kappa shape index (κ1) is 15.0. The van der Waals surface area contributed by atoms with Crippen LogP contribution in [0.5, 0.6) is 5.75 Å². The van der Waals surface area contributed by atoms with Crippen molar-refractivity contribution in [1.29, 1.82) is 0 Å². The van der Waals surface area contributed by atoms with Gasteiger partial charge in [-0.25, -0.2) is 0 Å². The molecule has 0 saturated heterocycles. The molecule has 0 radical (unpaired) electrons. The summed E-state index contributed by atoms with van der Waals surface area (Å²) in [6.45, 7) is 2.67. The summed E-state index contributed by atoms with van der Waals surface area (Å²) < 4.78 is 7.77. The van der Waals surface area contributed by atoms with E-state index in [4.69, 9.17) is 9.84 Å². The van der Waals surface area contributed by atoms with Crippen LogP contribution in [0.15, 0.2) is 41.2 Å². The lowest BCUT2D eigenvalue weighted by molar-refractivity contribution is 0.252. The summed E-state index contributed by atoms with van der Waals surface area (Å²) in [6, 6.07) is 11.6. The van der Waals surface area contributed by atoms with Crippen LogP contribution in [-0.4, -0.2) is 18.3 Å². The van der Waals surface area contributed by atoms with Crippen molar-refractivity contribution >= 4 is 31.5 Å². The molecular weight excluding hydrogens is 296 g/mol. The lowest BCUT2D eigenvalue weighted by Crippen LogP contribution is -2.05. The van der Waals surface area contributed by atoms with Gasteiger partial charge in [-0.15, -0.1) is 11.3 Å². The fourth-order valence-electron chi connectivity index (χ4n) is 2.58. The number of aliphatic hydroxyl groups excluding tert-OH is 1. The smallest absolute Gasteiger partial charge is 0.196 e. The van der Waals surface area contributed by atoms with Gasteiger partial charge in [0.1, 0.15) is 5.75 Å². The molecule has 0 aliphatic carbocycles.